The zero-order valence-corrected chi connectivity index (χ0v) is 12.4. The van der Waals surface area contributed by atoms with Gasteiger partial charge in [-0.3, -0.25) is 14.9 Å². The summed E-state index contributed by atoms with van der Waals surface area (Å²) in [4.78, 5) is 24.9. The topological polar surface area (TPSA) is 84.7 Å². The standard InChI is InChI=1S/C15H19N3O4/c1-22-14-8-10(2-5-13(14)18(20)21)15(19)17-7-6-11-3-4-12(9-17)16-11/h2,5,8,11-12,16H,3-4,6-7,9H2,1H3. The fraction of sp³-hybridized carbons (Fsp3) is 0.533. The highest BCUT2D eigenvalue weighted by Gasteiger charge is 2.31. The van der Waals surface area contributed by atoms with E-state index in [1.54, 1.807) is 0 Å². The molecular weight excluding hydrogens is 286 g/mol. The molecule has 3 rings (SSSR count). The summed E-state index contributed by atoms with van der Waals surface area (Å²) in [5.41, 5.74) is 0.302. The fourth-order valence-corrected chi connectivity index (χ4v) is 3.27. The first-order chi connectivity index (χ1) is 10.6. The van der Waals surface area contributed by atoms with E-state index in [0.29, 0.717) is 30.7 Å². The summed E-state index contributed by atoms with van der Waals surface area (Å²) in [7, 11) is 1.37. The van der Waals surface area contributed by atoms with Gasteiger partial charge in [-0.2, -0.15) is 0 Å². The van der Waals surface area contributed by atoms with Gasteiger partial charge in [-0.05, 0) is 25.3 Å². The van der Waals surface area contributed by atoms with Crippen LogP contribution in [0.25, 0.3) is 0 Å². The number of nitro groups is 1. The molecule has 2 saturated heterocycles. The molecule has 0 saturated carbocycles. The van der Waals surface area contributed by atoms with Crippen molar-refractivity contribution >= 4 is 11.6 Å². The number of nitro benzene ring substituents is 1. The van der Waals surface area contributed by atoms with Gasteiger partial charge in [0.25, 0.3) is 5.91 Å². The molecule has 7 nitrogen and oxygen atoms in total. The first kappa shape index (κ1) is 14.8. The Morgan fingerprint density at radius 3 is 2.86 bits per heavy atom. The van der Waals surface area contributed by atoms with Crippen molar-refractivity contribution < 1.29 is 14.5 Å². The van der Waals surface area contributed by atoms with Gasteiger partial charge >= 0.3 is 5.69 Å². The predicted molar refractivity (Wildman–Crippen MR) is 80.1 cm³/mol. The third kappa shape index (κ3) is 2.76. The van der Waals surface area contributed by atoms with E-state index in [9.17, 15) is 14.9 Å². The number of hydrogen-bond acceptors (Lipinski definition) is 5. The molecule has 2 heterocycles. The number of nitrogens with zero attached hydrogens (tertiary/aromatic N) is 2. The van der Waals surface area contributed by atoms with Crippen LogP contribution in [0.15, 0.2) is 18.2 Å². The molecule has 2 unspecified atom stereocenters. The third-order valence-corrected chi connectivity index (χ3v) is 4.43. The highest BCUT2D eigenvalue weighted by atomic mass is 16.6. The molecular formula is C15H19N3O4. The van der Waals surface area contributed by atoms with E-state index < -0.39 is 4.92 Å². The number of carbonyl (C=O) groups is 1. The normalized spacial score (nSPS) is 24.0. The van der Waals surface area contributed by atoms with Gasteiger partial charge in [-0.1, -0.05) is 0 Å². The van der Waals surface area contributed by atoms with Crippen LogP contribution in [0.4, 0.5) is 5.69 Å². The van der Waals surface area contributed by atoms with Crippen LogP contribution in [-0.4, -0.2) is 48.0 Å². The van der Waals surface area contributed by atoms with Gasteiger partial charge in [0.2, 0.25) is 0 Å². The Labute approximate surface area is 128 Å². The predicted octanol–water partition coefficient (Wildman–Crippen LogP) is 1.57. The molecule has 2 atom stereocenters. The summed E-state index contributed by atoms with van der Waals surface area (Å²) in [6.07, 6.45) is 3.22. The number of methoxy groups -OCH3 is 1. The molecule has 2 aliphatic rings. The highest BCUT2D eigenvalue weighted by Crippen LogP contribution is 2.29. The Morgan fingerprint density at radius 2 is 2.14 bits per heavy atom. The summed E-state index contributed by atoms with van der Waals surface area (Å²) in [6.45, 7) is 1.40. The van der Waals surface area contributed by atoms with Gasteiger partial charge in [-0.15, -0.1) is 0 Å². The average Bonchev–Trinajstić information content (AvgIpc) is 2.85. The number of fused-ring (bicyclic) bond motifs is 2. The average molecular weight is 305 g/mol. The molecule has 7 heteroatoms. The SMILES string of the molecule is COc1cc(C(=O)N2CCC3CCC(C2)N3)ccc1[N+](=O)[O-]. The maximum Gasteiger partial charge on any atom is 0.310 e. The Morgan fingerprint density at radius 1 is 1.36 bits per heavy atom. The molecule has 0 aromatic heterocycles. The summed E-state index contributed by atoms with van der Waals surface area (Å²) in [5.74, 6) is 0.0212. The van der Waals surface area contributed by atoms with Gasteiger partial charge in [-0.25, -0.2) is 0 Å². The lowest BCUT2D eigenvalue weighted by molar-refractivity contribution is -0.385. The first-order valence-electron chi connectivity index (χ1n) is 7.46. The van der Waals surface area contributed by atoms with E-state index in [4.69, 9.17) is 4.74 Å². The molecule has 1 aromatic rings. The van der Waals surface area contributed by atoms with Gasteiger partial charge in [0.15, 0.2) is 5.75 Å². The van der Waals surface area contributed by atoms with Gasteiger partial charge in [0, 0.05) is 42.9 Å². The van der Waals surface area contributed by atoms with Crippen molar-refractivity contribution in [3.8, 4) is 5.75 Å². The van der Waals surface area contributed by atoms with Crippen LogP contribution in [0.3, 0.4) is 0 Å². The number of rotatable bonds is 3. The zero-order valence-electron chi connectivity index (χ0n) is 12.4. The van der Waals surface area contributed by atoms with Crippen molar-refractivity contribution in [1.29, 1.82) is 0 Å². The number of ether oxygens (including phenoxy) is 1. The Kier molecular flexibility index (Phi) is 3.98. The summed E-state index contributed by atoms with van der Waals surface area (Å²) < 4.78 is 5.03. The van der Waals surface area contributed by atoms with E-state index in [1.807, 2.05) is 4.90 Å². The van der Waals surface area contributed by atoms with Crippen LogP contribution in [0.1, 0.15) is 29.6 Å². The Balaban J connectivity index is 1.81. The Hall–Kier alpha value is -2.15. The minimum atomic E-state index is -0.512. The third-order valence-electron chi connectivity index (χ3n) is 4.43. The second-order valence-electron chi connectivity index (χ2n) is 5.82. The van der Waals surface area contributed by atoms with Gasteiger partial charge < -0.3 is 15.0 Å². The lowest BCUT2D eigenvalue weighted by Crippen LogP contribution is -2.39. The minimum Gasteiger partial charge on any atom is -0.490 e. The second-order valence-corrected chi connectivity index (χ2v) is 5.82. The van der Waals surface area contributed by atoms with E-state index in [2.05, 4.69) is 5.32 Å². The number of amides is 1. The zero-order chi connectivity index (χ0) is 15.7. The molecule has 0 spiro atoms. The molecule has 1 N–H and O–H groups in total. The molecule has 0 aliphatic carbocycles. The molecule has 1 amide bonds. The van der Waals surface area contributed by atoms with Crippen molar-refractivity contribution in [1.82, 2.24) is 10.2 Å². The quantitative estimate of drug-likeness (QED) is 0.677. The van der Waals surface area contributed by atoms with Crippen molar-refractivity contribution in [2.24, 2.45) is 0 Å². The van der Waals surface area contributed by atoms with Crippen molar-refractivity contribution in [3.63, 3.8) is 0 Å². The van der Waals surface area contributed by atoms with E-state index in [0.717, 1.165) is 12.8 Å². The van der Waals surface area contributed by atoms with Crippen molar-refractivity contribution in [2.45, 2.75) is 31.3 Å². The molecule has 2 fully saturated rings. The smallest absolute Gasteiger partial charge is 0.310 e. The Bertz CT molecular complexity index is 604. The lowest BCUT2D eigenvalue weighted by Gasteiger charge is -2.24. The van der Waals surface area contributed by atoms with E-state index in [1.165, 1.54) is 31.7 Å². The van der Waals surface area contributed by atoms with E-state index in [-0.39, 0.29) is 17.3 Å². The number of benzene rings is 1. The number of carbonyl (C=O) groups excluding carboxylic acids is 1. The van der Waals surface area contributed by atoms with Crippen molar-refractivity contribution in [2.75, 3.05) is 20.2 Å². The van der Waals surface area contributed by atoms with E-state index >= 15 is 0 Å². The van der Waals surface area contributed by atoms with Crippen LogP contribution in [-0.2, 0) is 0 Å². The second kappa shape index (κ2) is 5.92. The lowest BCUT2D eigenvalue weighted by atomic mass is 10.1. The van der Waals surface area contributed by atoms with Crippen LogP contribution < -0.4 is 10.1 Å². The molecule has 118 valence electrons. The monoisotopic (exact) mass is 305 g/mol. The van der Waals surface area contributed by atoms with Crippen LogP contribution in [0.2, 0.25) is 0 Å². The largest absolute Gasteiger partial charge is 0.490 e. The molecule has 2 bridgehead atoms. The number of nitrogens with one attached hydrogen (secondary N) is 1. The minimum absolute atomic E-state index is 0.0949. The number of likely N-dealkylation sites (tertiary alicyclic amines) is 1. The molecule has 1 aromatic carbocycles. The summed E-state index contributed by atoms with van der Waals surface area (Å²) in [6, 6.07) is 5.15. The van der Waals surface area contributed by atoms with Crippen LogP contribution in [0.5, 0.6) is 5.75 Å². The molecule has 0 radical (unpaired) electrons. The van der Waals surface area contributed by atoms with Gasteiger partial charge in [0.1, 0.15) is 0 Å². The maximum atomic E-state index is 12.7. The summed E-state index contributed by atoms with van der Waals surface area (Å²) >= 11 is 0. The van der Waals surface area contributed by atoms with Gasteiger partial charge in [0.05, 0.1) is 12.0 Å². The van der Waals surface area contributed by atoms with Crippen LogP contribution >= 0.6 is 0 Å². The summed E-state index contributed by atoms with van der Waals surface area (Å²) in [5, 5.41) is 14.4. The molecule has 22 heavy (non-hydrogen) atoms. The number of hydrogen-bond donors (Lipinski definition) is 1. The molecule has 2 aliphatic heterocycles. The van der Waals surface area contributed by atoms with Crippen LogP contribution in [0, 0.1) is 10.1 Å². The van der Waals surface area contributed by atoms with Crippen molar-refractivity contribution in [3.05, 3.63) is 33.9 Å². The highest BCUT2D eigenvalue weighted by molar-refractivity contribution is 5.95. The maximum absolute atomic E-state index is 12.7. The fourth-order valence-electron chi connectivity index (χ4n) is 3.27. The first-order valence-corrected chi connectivity index (χ1v) is 7.46.